The summed E-state index contributed by atoms with van der Waals surface area (Å²) in [7, 11) is 1.62. The lowest BCUT2D eigenvalue weighted by Crippen LogP contribution is -2.24. The first-order valence-electron chi connectivity index (χ1n) is 9.82. The summed E-state index contributed by atoms with van der Waals surface area (Å²) in [5, 5.41) is 3.95. The minimum absolute atomic E-state index is 0.0557. The number of carbonyl (C=O) groups excluding carboxylic acids is 1. The number of hydrogen-bond donors (Lipinski definition) is 1. The molecule has 2 heterocycles. The van der Waals surface area contributed by atoms with E-state index in [9.17, 15) is 4.79 Å². The van der Waals surface area contributed by atoms with Crippen LogP contribution >= 0.6 is 0 Å². The number of rotatable bonds is 9. The molecule has 0 saturated carbocycles. The summed E-state index contributed by atoms with van der Waals surface area (Å²) in [6, 6.07) is 7.87. The molecule has 1 N–H and O–H groups in total. The maximum atomic E-state index is 12.4. The van der Waals surface area contributed by atoms with Gasteiger partial charge < -0.3 is 19.2 Å². The molecule has 1 amide bonds. The number of aryl methyl sites for hydroxylation is 1. The van der Waals surface area contributed by atoms with Gasteiger partial charge in [-0.25, -0.2) is 4.98 Å². The van der Waals surface area contributed by atoms with Crippen molar-refractivity contribution in [3.8, 4) is 5.88 Å². The van der Waals surface area contributed by atoms with Crippen LogP contribution in [0.15, 0.2) is 41.1 Å². The van der Waals surface area contributed by atoms with Crippen molar-refractivity contribution in [3.63, 3.8) is 0 Å². The zero-order valence-corrected chi connectivity index (χ0v) is 17.5. The predicted molar refractivity (Wildman–Crippen MR) is 112 cm³/mol. The number of carbonyl (C=O) groups is 1. The molecular weight excluding hydrogens is 368 g/mol. The van der Waals surface area contributed by atoms with Crippen molar-refractivity contribution in [1.82, 2.24) is 10.3 Å². The van der Waals surface area contributed by atoms with E-state index in [0.29, 0.717) is 31.6 Å². The summed E-state index contributed by atoms with van der Waals surface area (Å²) in [5.41, 5.74) is 5.12. The first kappa shape index (κ1) is 20.9. The van der Waals surface area contributed by atoms with Crippen LogP contribution in [0.25, 0.3) is 11.0 Å². The van der Waals surface area contributed by atoms with Crippen LogP contribution in [-0.4, -0.2) is 31.2 Å². The van der Waals surface area contributed by atoms with E-state index < -0.39 is 0 Å². The molecule has 0 radical (unpaired) electrons. The van der Waals surface area contributed by atoms with Crippen molar-refractivity contribution < 1.29 is 18.7 Å². The fourth-order valence-corrected chi connectivity index (χ4v) is 3.27. The van der Waals surface area contributed by atoms with Crippen molar-refractivity contribution in [1.29, 1.82) is 0 Å². The van der Waals surface area contributed by atoms with Crippen LogP contribution in [0.2, 0.25) is 0 Å². The first-order chi connectivity index (χ1) is 14.0. The van der Waals surface area contributed by atoms with Crippen LogP contribution in [0, 0.1) is 6.92 Å². The lowest BCUT2D eigenvalue weighted by molar-refractivity contribution is -0.120. The quantitative estimate of drug-likeness (QED) is 0.550. The van der Waals surface area contributed by atoms with Crippen LogP contribution in [0.3, 0.4) is 0 Å². The Kier molecular flexibility index (Phi) is 6.88. The summed E-state index contributed by atoms with van der Waals surface area (Å²) in [6.45, 7) is 7.81. The molecule has 2 aromatic heterocycles. The molecular formula is C23H28N2O4. The smallest absolute Gasteiger partial charge is 0.224 e. The third-order valence-corrected chi connectivity index (χ3v) is 4.84. The SMILES string of the molecule is COCCOc1ccc(CNC(=O)Cc2coc3cc(C)c(C(C)C)cc23)cn1. The number of fused-ring (bicyclic) bond motifs is 1. The van der Waals surface area contributed by atoms with Crippen molar-refractivity contribution in [3.05, 3.63) is 59.0 Å². The van der Waals surface area contributed by atoms with Gasteiger partial charge >= 0.3 is 0 Å². The molecule has 0 aliphatic carbocycles. The molecule has 154 valence electrons. The highest BCUT2D eigenvalue weighted by atomic mass is 16.5. The first-order valence-corrected chi connectivity index (χ1v) is 9.82. The zero-order valence-electron chi connectivity index (χ0n) is 17.5. The third kappa shape index (κ3) is 5.35. The molecule has 3 aromatic rings. The molecule has 0 atom stereocenters. The summed E-state index contributed by atoms with van der Waals surface area (Å²) >= 11 is 0. The highest BCUT2D eigenvalue weighted by Gasteiger charge is 2.14. The van der Waals surface area contributed by atoms with E-state index in [0.717, 1.165) is 22.1 Å². The minimum atomic E-state index is -0.0557. The molecule has 0 fully saturated rings. The van der Waals surface area contributed by atoms with Crippen LogP contribution in [0.1, 0.15) is 42.0 Å². The molecule has 0 saturated heterocycles. The average Bonchev–Trinajstić information content (AvgIpc) is 3.08. The van der Waals surface area contributed by atoms with Crippen LogP contribution < -0.4 is 10.1 Å². The number of benzene rings is 1. The maximum Gasteiger partial charge on any atom is 0.224 e. The zero-order chi connectivity index (χ0) is 20.8. The van der Waals surface area contributed by atoms with Crippen molar-refractivity contribution in [2.45, 2.75) is 39.7 Å². The normalized spacial score (nSPS) is 11.2. The Morgan fingerprint density at radius 2 is 2.07 bits per heavy atom. The van der Waals surface area contributed by atoms with E-state index in [1.165, 1.54) is 11.1 Å². The van der Waals surface area contributed by atoms with Gasteiger partial charge in [-0.05, 0) is 41.7 Å². The Bertz CT molecular complexity index is 961. The largest absolute Gasteiger partial charge is 0.475 e. The Hall–Kier alpha value is -2.86. The number of nitrogens with one attached hydrogen (secondary N) is 1. The van der Waals surface area contributed by atoms with Crippen LogP contribution in [0.4, 0.5) is 0 Å². The predicted octanol–water partition coefficient (Wildman–Crippen LogP) is 4.14. The van der Waals surface area contributed by atoms with Gasteiger partial charge in [0, 0.05) is 36.9 Å². The molecule has 0 aliphatic rings. The highest BCUT2D eigenvalue weighted by Crippen LogP contribution is 2.29. The second-order valence-corrected chi connectivity index (χ2v) is 7.42. The van der Waals surface area contributed by atoms with Crippen LogP contribution in [-0.2, 0) is 22.5 Å². The van der Waals surface area contributed by atoms with Gasteiger partial charge in [-0.15, -0.1) is 0 Å². The number of aromatic nitrogens is 1. The van der Waals surface area contributed by atoms with Gasteiger partial charge in [0.15, 0.2) is 0 Å². The van der Waals surface area contributed by atoms with Gasteiger partial charge in [-0.2, -0.15) is 0 Å². The standard InChI is InChI=1S/C23H28N2O4/c1-15(2)19-11-20-18(14-29-21(20)9-16(19)3)10-22(26)24-12-17-5-6-23(25-13-17)28-8-7-27-4/h5-6,9,11,13-15H,7-8,10,12H2,1-4H3,(H,24,26). The molecule has 6 nitrogen and oxygen atoms in total. The van der Waals surface area contributed by atoms with E-state index in [1.54, 1.807) is 25.6 Å². The number of amides is 1. The third-order valence-electron chi connectivity index (χ3n) is 4.84. The van der Waals surface area contributed by atoms with E-state index in [1.807, 2.05) is 12.1 Å². The minimum Gasteiger partial charge on any atom is -0.475 e. The van der Waals surface area contributed by atoms with E-state index in [2.05, 4.69) is 37.1 Å². The molecule has 0 bridgehead atoms. The molecule has 3 rings (SSSR count). The number of furan rings is 1. The van der Waals surface area contributed by atoms with Gasteiger partial charge in [-0.3, -0.25) is 4.79 Å². The number of hydrogen-bond acceptors (Lipinski definition) is 5. The number of pyridine rings is 1. The highest BCUT2D eigenvalue weighted by molar-refractivity contribution is 5.88. The number of methoxy groups -OCH3 is 1. The maximum absolute atomic E-state index is 12.4. The summed E-state index contributed by atoms with van der Waals surface area (Å²) < 4.78 is 16.0. The summed E-state index contributed by atoms with van der Waals surface area (Å²) in [4.78, 5) is 16.7. The number of ether oxygens (including phenoxy) is 2. The topological polar surface area (TPSA) is 73.6 Å². The van der Waals surface area contributed by atoms with Crippen molar-refractivity contribution in [2.75, 3.05) is 20.3 Å². The van der Waals surface area contributed by atoms with E-state index in [4.69, 9.17) is 13.9 Å². The molecule has 6 heteroatoms. The van der Waals surface area contributed by atoms with Gasteiger partial charge in [0.1, 0.15) is 12.2 Å². The lowest BCUT2D eigenvalue weighted by atomic mass is 9.95. The van der Waals surface area contributed by atoms with E-state index in [-0.39, 0.29) is 12.3 Å². The summed E-state index contributed by atoms with van der Waals surface area (Å²) in [6.07, 6.45) is 3.66. The lowest BCUT2D eigenvalue weighted by Gasteiger charge is -2.10. The fourth-order valence-electron chi connectivity index (χ4n) is 3.27. The molecule has 29 heavy (non-hydrogen) atoms. The Morgan fingerprint density at radius 3 is 2.76 bits per heavy atom. The van der Waals surface area contributed by atoms with Gasteiger partial charge in [-0.1, -0.05) is 19.9 Å². The molecule has 0 unspecified atom stereocenters. The molecule has 1 aromatic carbocycles. The molecule has 0 spiro atoms. The van der Waals surface area contributed by atoms with E-state index >= 15 is 0 Å². The second kappa shape index (κ2) is 9.56. The van der Waals surface area contributed by atoms with Gasteiger partial charge in [0.05, 0.1) is 19.3 Å². The Labute approximate surface area is 171 Å². The second-order valence-electron chi connectivity index (χ2n) is 7.42. The monoisotopic (exact) mass is 396 g/mol. The van der Waals surface area contributed by atoms with Crippen molar-refractivity contribution >= 4 is 16.9 Å². The van der Waals surface area contributed by atoms with Crippen LogP contribution in [0.5, 0.6) is 5.88 Å². The Balaban J connectivity index is 1.59. The van der Waals surface area contributed by atoms with Gasteiger partial charge in [0.25, 0.3) is 0 Å². The Morgan fingerprint density at radius 1 is 1.24 bits per heavy atom. The average molecular weight is 396 g/mol. The van der Waals surface area contributed by atoms with Crippen molar-refractivity contribution in [2.24, 2.45) is 0 Å². The van der Waals surface area contributed by atoms with Gasteiger partial charge in [0.2, 0.25) is 11.8 Å². The molecule has 0 aliphatic heterocycles. The number of nitrogens with zero attached hydrogens (tertiary/aromatic N) is 1. The fraction of sp³-hybridized carbons (Fsp3) is 0.391. The summed E-state index contributed by atoms with van der Waals surface area (Å²) in [5.74, 6) is 0.906.